The zero-order valence-corrected chi connectivity index (χ0v) is 12.9. The predicted octanol–water partition coefficient (Wildman–Crippen LogP) is 3.15. The zero-order valence-electron chi connectivity index (χ0n) is 12.9. The van der Waals surface area contributed by atoms with Crippen LogP contribution in [0.5, 0.6) is 0 Å². The largest absolute Gasteiger partial charge is 0.326 e. The number of rotatable bonds is 7. The van der Waals surface area contributed by atoms with Gasteiger partial charge in [-0.3, -0.25) is 9.59 Å². The first kappa shape index (κ1) is 16.8. The highest BCUT2D eigenvalue weighted by molar-refractivity contribution is 5.97. The van der Waals surface area contributed by atoms with Crippen molar-refractivity contribution in [1.82, 2.24) is 5.32 Å². The summed E-state index contributed by atoms with van der Waals surface area (Å²) in [6.45, 7) is 2.57. The molecule has 0 spiro atoms. The minimum Gasteiger partial charge on any atom is -0.326 e. The fourth-order valence-electron chi connectivity index (χ4n) is 2.08. The average Bonchev–Trinajstić information content (AvgIpc) is 2.53. The molecule has 5 heteroatoms. The van der Waals surface area contributed by atoms with E-state index in [-0.39, 0.29) is 17.5 Å². The summed E-state index contributed by atoms with van der Waals surface area (Å²) in [5.41, 5.74) is 2.14. The molecule has 4 nitrogen and oxygen atoms in total. The molecule has 0 saturated carbocycles. The highest BCUT2D eigenvalue weighted by Crippen LogP contribution is 2.11. The molecule has 2 N–H and O–H groups in total. The first-order valence-corrected chi connectivity index (χ1v) is 7.40. The van der Waals surface area contributed by atoms with Gasteiger partial charge in [0.2, 0.25) is 5.91 Å². The topological polar surface area (TPSA) is 58.2 Å². The van der Waals surface area contributed by atoms with Gasteiger partial charge in [0.25, 0.3) is 0 Å². The Morgan fingerprint density at radius 2 is 1.83 bits per heavy atom. The number of anilines is 1. The van der Waals surface area contributed by atoms with Gasteiger partial charge in [-0.15, -0.1) is 0 Å². The van der Waals surface area contributed by atoms with E-state index < -0.39 is 0 Å². The van der Waals surface area contributed by atoms with Gasteiger partial charge in [-0.25, -0.2) is 4.39 Å². The predicted molar refractivity (Wildman–Crippen MR) is 87.8 cm³/mol. The molecular formula is C18H19FN2O2. The maximum absolute atomic E-state index is 12.8. The maximum Gasteiger partial charge on any atom is 0.225 e. The summed E-state index contributed by atoms with van der Waals surface area (Å²) in [6.07, 6.45) is 0.311. The van der Waals surface area contributed by atoms with Gasteiger partial charge in [0.15, 0.2) is 5.78 Å². The van der Waals surface area contributed by atoms with Crippen LogP contribution in [-0.4, -0.2) is 18.2 Å². The molecule has 0 aromatic heterocycles. The Labute approximate surface area is 134 Å². The molecule has 120 valence electrons. The Kier molecular flexibility index (Phi) is 6.00. The first-order valence-electron chi connectivity index (χ1n) is 7.40. The van der Waals surface area contributed by atoms with Gasteiger partial charge >= 0.3 is 0 Å². The standard InChI is InChI=1S/C18H19FN2O2/c1-13(22)15-3-2-4-17(11-15)21-18(23)9-10-20-12-14-5-7-16(19)8-6-14/h2-8,11,20H,9-10,12H2,1H3,(H,21,23). The van der Waals surface area contributed by atoms with E-state index in [9.17, 15) is 14.0 Å². The molecule has 2 rings (SSSR count). The van der Waals surface area contributed by atoms with Gasteiger partial charge < -0.3 is 10.6 Å². The SMILES string of the molecule is CC(=O)c1cccc(NC(=O)CCNCc2ccc(F)cc2)c1. The number of Topliss-reactive ketones (excluding diaryl/α,β-unsaturated/α-hetero) is 1. The van der Waals surface area contributed by atoms with Crippen LogP contribution in [-0.2, 0) is 11.3 Å². The van der Waals surface area contributed by atoms with E-state index in [1.807, 2.05) is 0 Å². The number of ketones is 1. The van der Waals surface area contributed by atoms with E-state index in [0.29, 0.717) is 30.8 Å². The van der Waals surface area contributed by atoms with Gasteiger partial charge in [0, 0.05) is 30.8 Å². The molecule has 0 aliphatic rings. The van der Waals surface area contributed by atoms with E-state index in [0.717, 1.165) is 5.56 Å². The van der Waals surface area contributed by atoms with Crippen LogP contribution in [0.1, 0.15) is 29.3 Å². The number of hydrogen-bond donors (Lipinski definition) is 2. The Morgan fingerprint density at radius 1 is 1.09 bits per heavy atom. The Hall–Kier alpha value is -2.53. The zero-order chi connectivity index (χ0) is 16.7. The van der Waals surface area contributed by atoms with Crippen LogP contribution in [0.2, 0.25) is 0 Å². The van der Waals surface area contributed by atoms with E-state index >= 15 is 0 Å². The van der Waals surface area contributed by atoms with Crippen molar-refractivity contribution in [1.29, 1.82) is 0 Å². The second-order valence-electron chi connectivity index (χ2n) is 5.24. The molecular weight excluding hydrogens is 295 g/mol. The monoisotopic (exact) mass is 314 g/mol. The lowest BCUT2D eigenvalue weighted by molar-refractivity contribution is -0.116. The summed E-state index contributed by atoms with van der Waals surface area (Å²) >= 11 is 0. The molecule has 0 fully saturated rings. The third-order valence-corrected chi connectivity index (χ3v) is 3.32. The quantitative estimate of drug-likeness (QED) is 0.610. The van der Waals surface area contributed by atoms with Crippen LogP contribution in [0.25, 0.3) is 0 Å². The fraction of sp³-hybridized carbons (Fsp3) is 0.222. The molecule has 0 unspecified atom stereocenters. The molecule has 0 saturated heterocycles. The van der Waals surface area contributed by atoms with Crippen molar-refractivity contribution < 1.29 is 14.0 Å². The number of amides is 1. The minimum absolute atomic E-state index is 0.0398. The number of halogens is 1. The number of carbonyl (C=O) groups is 2. The normalized spacial score (nSPS) is 10.3. The molecule has 0 bridgehead atoms. The van der Waals surface area contributed by atoms with Gasteiger partial charge in [-0.05, 0) is 36.8 Å². The number of benzene rings is 2. The number of hydrogen-bond acceptors (Lipinski definition) is 3. The summed E-state index contributed by atoms with van der Waals surface area (Å²) in [4.78, 5) is 23.2. The fourth-order valence-corrected chi connectivity index (χ4v) is 2.08. The summed E-state index contributed by atoms with van der Waals surface area (Å²) in [5.74, 6) is -0.430. The Balaban J connectivity index is 1.74. The van der Waals surface area contributed by atoms with Gasteiger partial charge in [-0.1, -0.05) is 24.3 Å². The molecule has 0 radical (unpaired) electrons. The van der Waals surface area contributed by atoms with Gasteiger partial charge in [0.05, 0.1) is 0 Å². The molecule has 0 heterocycles. The summed E-state index contributed by atoms with van der Waals surface area (Å²) < 4.78 is 12.8. The van der Waals surface area contributed by atoms with Crippen molar-refractivity contribution in [3.05, 3.63) is 65.5 Å². The van der Waals surface area contributed by atoms with Crippen LogP contribution >= 0.6 is 0 Å². The van der Waals surface area contributed by atoms with E-state index in [1.165, 1.54) is 19.1 Å². The lowest BCUT2D eigenvalue weighted by Crippen LogP contribution is -2.21. The van der Waals surface area contributed by atoms with Gasteiger partial charge in [-0.2, -0.15) is 0 Å². The molecule has 0 atom stereocenters. The smallest absolute Gasteiger partial charge is 0.225 e. The van der Waals surface area contributed by atoms with Crippen molar-refractivity contribution in [3.63, 3.8) is 0 Å². The van der Waals surface area contributed by atoms with Crippen LogP contribution in [0.15, 0.2) is 48.5 Å². The Bertz CT molecular complexity index is 684. The van der Waals surface area contributed by atoms with Crippen molar-refractivity contribution in [2.75, 3.05) is 11.9 Å². The molecule has 2 aromatic carbocycles. The molecule has 23 heavy (non-hydrogen) atoms. The second-order valence-corrected chi connectivity index (χ2v) is 5.24. The van der Waals surface area contributed by atoms with Crippen molar-refractivity contribution in [2.45, 2.75) is 19.9 Å². The van der Waals surface area contributed by atoms with Crippen molar-refractivity contribution >= 4 is 17.4 Å². The molecule has 1 amide bonds. The number of carbonyl (C=O) groups excluding carboxylic acids is 2. The third-order valence-electron chi connectivity index (χ3n) is 3.32. The molecule has 0 aliphatic heterocycles. The van der Waals surface area contributed by atoms with Crippen LogP contribution in [0.3, 0.4) is 0 Å². The van der Waals surface area contributed by atoms with Gasteiger partial charge in [0.1, 0.15) is 5.82 Å². The molecule has 0 aliphatic carbocycles. The van der Waals surface area contributed by atoms with E-state index in [2.05, 4.69) is 10.6 Å². The summed E-state index contributed by atoms with van der Waals surface area (Å²) in [7, 11) is 0. The second kappa shape index (κ2) is 8.19. The Morgan fingerprint density at radius 3 is 2.52 bits per heavy atom. The average molecular weight is 314 g/mol. The van der Waals surface area contributed by atoms with E-state index in [1.54, 1.807) is 36.4 Å². The molecule has 2 aromatic rings. The summed E-state index contributed by atoms with van der Waals surface area (Å²) in [5, 5.41) is 5.89. The summed E-state index contributed by atoms with van der Waals surface area (Å²) in [6, 6.07) is 13.1. The first-order chi connectivity index (χ1) is 11.0. The van der Waals surface area contributed by atoms with Crippen LogP contribution < -0.4 is 10.6 Å². The third kappa shape index (κ3) is 5.64. The van der Waals surface area contributed by atoms with Crippen LogP contribution in [0.4, 0.5) is 10.1 Å². The van der Waals surface area contributed by atoms with Crippen molar-refractivity contribution in [3.8, 4) is 0 Å². The van der Waals surface area contributed by atoms with E-state index in [4.69, 9.17) is 0 Å². The highest BCUT2D eigenvalue weighted by atomic mass is 19.1. The lowest BCUT2D eigenvalue weighted by atomic mass is 10.1. The van der Waals surface area contributed by atoms with Crippen molar-refractivity contribution in [2.24, 2.45) is 0 Å². The number of nitrogens with one attached hydrogen (secondary N) is 2. The van der Waals surface area contributed by atoms with Crippen LogP contribution in [0, 0.1) is 5.82 Å². The minimum atomic E-state index is -0.263. The lowest BCUT2D eigenvalue weighted by Gasteiger charge is -2.07. The highest BCUT2D eigenvalue weighted by Gasteiger charge is 2.04. The maximum atomic E-state index is 12.8.